The molecule has 2 rings (SSSR count). The molecule has 0 fully saturated rings. The van der Waals surface area contributed by atoms with E-state index in [0.29, 0.717) is 6.54 Å². The van der Waals surface area contributed by atoms with Crippen LogP contribution in [0.5, 0.6) is 0 Å². The van der Waals surface area contributed by atoms with Crippen LogP contribution in [0.4, 0.5) is 0 Å². The topological polar surface area (TPSA) is 39.2 Å². The Hall–Kier alpha value is -1.54. The van der Waals surface area contributed by atoms with Crippen molar-refractivity contribution in [2.75, 3.05) is 6.54 Å². The number of furan rings is 1. The molecule has 72 valence electrons. The predicted octanol–water partition coefficient (Wildman–Crippen LogP) is 2.71. The third kappa shape index (κ3) is 1.44. The summed E-state index contributed by atoms with van der Waals surface area (Å²) in [7, 11) is 0. The molecule has 0 bridgehead atoms. The van der Waals surface area contributed by atoms with Crippen LogP contribution in [0.15, 0.2) is 35.0 Å². The van der Waals surface area contributed by atoms with Crippen molar-refractivity contribution in [2.24, 2.45) is 5.73 Å². The van der Waals surface area contributed by atoms with Gasteiger partial charge in [0, 0.05) is 11.9 Å². The monoisotopic (exact) mass is 187 g/mol. The van der Waals surface area contributed by atoms with Crippen LogP contribution >= 0.6 is 0 Å². The lowest BCUT2D eigenvalue weighted by Gasteiger charge is -1.96. The Kier molecular flexibility index (Phi) is 2.37. The summed E-state index contributed by atoms with van der Waals surface area (Å²) >= 11 is 0. The smallest absolute Gasteiger partial charge is 0.134 e. The largest absolute Gasteiger partial charge is 0.464 e. The van der Waals surface area contributed by atoms with Crippen molar-refractivity contribution in [1.29, 1.82) is 0 Å². The van der Waals surface area contributed by atoms with Crippen LogP contribution in [0.1, 0.15) is 11.1 Å². The van der Waals surface area contributed by atoms with Crippen molar-refractivity contribution < 1.29 is 4.42 Å². The molecule has 2 nitrogen and oxygen atoms in total. The van der Waals surface area contributed by atoms with Gasteiger partial charge >= 0.3 is 0 Å². The zero-order chi connectivity index (χ0) is 9.97. The molecule has 0 atom stereocenters. The summed E-state index contributed by atoms with van der Waals surface area (Å²) in [6, 6.07) is 6.03. The van der Waals surface area contributed by atoms with Crippen molar-refractivity contribution in [2.45, 2.75) is 6.92 Å². The van der Waals surface area contributed by atoms with E-state index in [2.05, 4.69) is 6.07 Å². The summed E-state index contributed by atoms with van der Waals surface area (Å²) in [4.78, 5) is 0. The van der Waals surface area contributed by atoms with E-state index < -0.39 is 0 Å². The minimum Gasteiger partial charge on any atom is -0.464 e. The van der Waals surface area contributed by atoms with E-state index in [0.717, 1.165) is 11.1 Å². The molecular formula is C12H13NO. The van der Waals surface area contributed by atoms with Crippen LogP contribution in [-0.4, -0.2) is 6.54 Å². The standard InChI is InChI=1S/C12H13NO/c1-9-8-14-11-6-2-4-10(12(9)11)5-3-7-13/h2-6,8H,7,13H2,1H3/b5-3+. The minimum absolute atomic E-state index is 0.563. The molecule has 1 aromatic heterocycles. The maximum absolute atomic E-state index is 5.42. The Bertz CT molecular complexity index is 468. The molecule has 1 heterocycles. The Morgan fingerprint density at radius 3 is 3.07 bits per heavy atom. The number of nitrogens with two attached hydrogens (primary N) is 1. The number of rotatable bonds is 2. The van der Waals surface area contributed by atoms with Crippen LogP contribution < -0.4 is 5.73 Å². The fraction of sp³-hybridized carbons (Fsp3) is 0.167. The van der Waals surface area contributed by atoms with E-state index >= 15 is 0 Å². The van der Waals surface area contributed by atoms with Crippen molar-refractivity contribution in [3.8, 4) is 0 Å². The Labute approximate surface area is 83.0 Å². The number of benzene rings is 1. The van der Waals surface area contributed by atoms with E-state index in [4.69, 9.17) is 10.2 Å². The van der Waals surface area contributed by atoms with Gasteiger partial charge in [-0.15, -0.1) is 0 Å². The Morgan fingerprint density at radius 2 is 2.29 bits per heavy atom. The third-order valence-corrected chi connectivity index (χ3v) is 2.25. The number of aryl methyl sites for hydroxylation is 1. The van der Waals surface area contributed by atoms with E-state index in [1.807, 2.05) is 31.2 Å². The molecule has 1 aromatic carbocycles. The summed E-state index contributed by atoms with van der Waals surface area (Å²) in [6.07, 6.45) is 5.76. The second-order valence-electron chi connectivity index (χ2n) is 3.28. The first-order valence-corrected chi connectivity index (χ1v) is 4.66. The zero-order valence-corrected chi connectivity index (χ0v) is 8.16. The van der Waals surface area contributed by atoms with Gasteiger partial charge in [-0.2, -0.15) is 0 Å². The van der Waals surface area contributed by atoms with Crippen LogP contribution in [-0.2, 0) is 0 Å². The fourth-order valence-electron chi connectivity index (χ4n) is 1.61. The lowest BCUT2D eigenvalue weighted by atomic mass is 10.1. The molecule has 2 heteroatoms. The van der Waals surface area contributed by atoms with Gasteiger partial charge in [0.2, 0.25) is 0 Å². The van der Waals surface area contributed by atoms with E-state index in [1.54, 1.807) is 6.26 Å². The Morgan fingerprint density at radius 1 is 1.43 bits per heavy atom. The second kappa shape index (κ2) is 3.68. The van der Waals surface area contributed by atoms with Gasteiger partial charge in [-0.1, -0.05) is 24.3 Å². The first-order valence-electron chi connectivity index (χ1n) is 4.66. The second-order valence-corrected chi connectivity index (χ2v) is 3.28. The average molecular weight is 187 g/mol. The molecule has 14 heavy (non-hydrogen) atoms. The SMILES string of the molecule is Cc1coc2cccc(/C=C/CN)c12. The normalized spacial score (nSPS) is 11.6. The molecule has 0 saturated carbocycles. The summed E-state index contributed by atoms with van der Waals surface area (Å²) in [5, 5.41) is 1.18. The molecule has 0 aliphatic carbocycles. The van der Waals surface area contributed by atoms with Crippen LogP contribution in [0.25, 0.3) is 17.0 Å². The maximum atomic E-state index is 5.42. The molecule has 2 aromatic rings. The number of fused-ring (bicyclic) bond motifs is 1. The van der Waals surface area contributed by atoms with Gasteiger partial charge in [0.25, 0.3) is 0 Å². The van der Waals surface area contributed by atoms with Gasteiger partial charge in [0.05, 0.1) is 6.26 Å². The highest BCUT2D eigenvalue weighted by Gasteiger charge is 2.04. The third-order valence-electron chi connectivity index (χ3n) is 2.25. The first kappa shape index (κ1) is 9.03. The van der Waals surface area contributed by atoms with Gasteiger partial charge in [-0.25, -0.2) is 0 Å². The first-order chi connectivity index (χ1) is 6.83. The molecule has 0 unspecified atom stereocenters. The van der Waals surface area contributed by atoms with E-state index in [9.17, 15) is 0 Å². The zero-order valence-electron chi connectivity index (χ0n) is 8.16. The van der Waals surface area contributed by atoms with Crippen molar-refractivity contribution >= 4 is 17.0 Å². The quantitative estimate of drug-likeness (QED) is 0.785. The molecule has 0 aliphatic heterocycles. The van der Waals surface area contributed by atoms with Gasteiger partial charge in [0.1, 0.15) is 5.58 Å². The molecular weight excluding hydrogens is 174 g/mol. The summed E-state index contributed by atoms with van der Waals surface area (Å²) < 4.78 is 5.40. The molecule has 2 N–H and O–H groups in total. The van der Waals surface area contributed by atoms with Gasteiger partial charge in [-0.05, 0) is 24.1 Å². The lowest BCUT2D eigenvalue weighted by Crippen LogP contribution is -1.92. The maximum Gasteiger partial charge on any atom is 0.134 e. The fourth-order valence-corrected chi connectivity index (χ4v) is 1.61. The van der Waals surface area contributed by atoms with Crippen molar-refractivity contribution in [3.63, 3.8) is 0 Å². The molecule has 0 saturated heterocycles. The molecule has 0 amide bonds. The van der Waals surface area contributed by atoms with E-state index in [1.165, 1.54) is 10.9 Å². The number of hydrogen-bond acceptors (Lipinski definition) is 2. The summed E-state index contributed by atoms with van der Waals surface area (Å²) in [5.74, 6) is 0. The molecule has 0 radical (unpaired) electrons. The average Bonchev–Trinajstić information content (AvgIpc) is 2.58. The van der Waals surface area contributed by atoms with Crippen LogP contribution in [0.2, 0.25) is 0 Å². The van der Waals surface area contributed by atoms with Gasteiger partial charge in [0.15, 0.2) is 0 Å². The highest BCUT2D eigenvalue weighted by Crippen LogP contribution is 2.24. The van der Waals surface area contributed by atoms with Crippen molar-refractivity contribution in [3.05, 3.63) is 41.7 Å². The predicted molar refractivity (Wildman–Crippen MR) is 59.0 cm³/mol. The number of hydrogen-bond donors (Lipinski definition) is 1. The minimum atomic E-state index is 0.563. The lowest BCUT2D eigenvalue weighted by molar-refractivity contribution is 0.613. The highest BCUT2D eigenvalue weighted by molar-refractivity contribution is 5.89. The van der Waals surface area contributed by atoms with Crippen molar-refractivity contribution in [1.82, 2.24) is 0 Å². The Balaban J connectivity index is 2.63. The summed E-state index contributed by atoms with van der Waals surface area (Å²) in [5.41, 5.74) is 8.69. The molecule has 0 spiro atoms. The van der Waals surface area contributed by atoms with Crippen LogP contribution in [0.3, 0.4) is 0 Å². The van der Waals surface area contributed by atoms with Gasteiger partial charge < -0.3 is 10.2 Å². The highest BCUT2D eigenvalue weighted by atomic mass is 16.3. The van der Waals surface area contributed by atoms with E-state index in [-0.39, 0.29) is 0 Å². The summed E-state index contributed by atoms with van der Waals surface area (Å²) in [6.45, 7) is 2.61. The van der Waals surface area contributed by atoms with Crippen LogP contribution in [0, 0.1) is 6.92 Å². The molecule has 0 aliphatic rings. The van der Waals surface area contributed by atoms with Gasteiger partial charge in [-0.3, -0.25) is 0 Å².